The maximum absolute atomic E-state index is 7.53. The number of benzene rings is 1. The van der Waals surface area contributed by atoms with Crippen molar-refractivity contribution in [3.8, 4) is 0 Å². The number of nitrogen functional groups attached to an aromatic ring is 1. The molecule has 0 atom stereocenters. The van der Waals surface area contributed by atoms with Crippen LogP contribution in [0.15, 0.2) is 31.9 Å². The summed E-state index contributed by atoms with van der Waals surface area (Å²) in [4.78, 5) is 5.19. The first-order valence-corrected chi connectivity index (χ1v) is 7.06. The third kappa shape index (κ3) is 3.05. The number of amidine groups is 1. The second kappa shape index (κ2) is 5.16. The lowest BCUT2D eigenvalue weighted by Crippen LogP contribution is -2.12. The summed E-state index contributed by atoms with van der Waals surface area (Å²) in [7, 11) is 0. The maximum atomic E-state index is 7.53. The van der Waals surface area contributed by atoms with Crippen molar-refractivity contribution in [2.75, 3.05) is 0 Å². The van der Waals surface area contributed by atoms with Gasteiger partial charge in [-0.3, -0.25) is 5.41 Å². The molecule has 7 heteroatoms. The summed E-state index contributed by atoms with van der Waals surface area (Å²) in [6.45, 7) is 1.85. The normalized spacial score (nSPS) is 10.5. The SMILES string of the molecule is Cc1nsc(Sc2cc(Br)ccc2C(=N)N)n1. The van der Waals surface area contributed by atoms with Gasteiger partial charge in [0.1, 0.15) is 11.7 Å². The van der Waals surface area contributed by atoms with E-state index in [9.17, 15) is 0 Å². The first kappa shape index (κ1) is 12.5. The summed E-state index contributed by atoms with van der Waals surface area (Å²) in [6.07, 6.45) is 0. The summed E-state index contributed by atoms with van der Waals surface area (Å²) in [5, 5.41) is 7.53. The number of hydrogen-bond acceptors (Lipinski definition) is 5. The van der Waals surface area contributed by atoms with E-state index in [1.807, 2.05) is 25.1 Å². The predicted octanol–water partition coefficient (Wildman–Crippen LogP) is 3.04. The van der Waals surface area contributed by atoms with Gasteiger partial charge in [-0.15, -0.1) is 0 Å². The monoisotopic (exact) mass is 328 g/mol. The first-order chi connectivity index (χ1) is 8.06. The third-order valence-electron chi connectivity index (χ3n) is 1.94. The maximum Gasteiger partial charge on any atom is 0.174 e. The molecule has 3 N–H and O–H groups in total. The molecule has 17 heavy (non-hydrogen) atoms. The topological polar surface area (TPSA) is 75.7 Å². The number of nitrogens with two attached hydrogens (primary N) is 1. The van der Waals surface area contributed by atoms with Crippen LogP contribution in [-0.4, -0.2) is 15.2 Å². The number of nitrogens with zero attached hydrogens (tertiary/aromatic N) is 2. The quantitative estimate of drug-likeness (QED) is 0.670. The molecule has 0 fully saturated rings. The van der Waals surface area contributed by atoms with Gasteiger partial charge in [0.05, 0.1) is 0 Å². The smallest absolute Gasteiger partial charge is 0.174 e. The highest BCUT2D eigenvalue weighted by atomic mass is 79.9. The Balaban J connectivity index is 2.37. The van der Waals surface area contributed by atoms with Crippen LogP contribution in [0, 0.1) is 12.3 Å². The number of aromatic nitrogens is 2. The molecular formula is C10H9BrN4S2. The van der Waals surface area contributed by atoms with E-state index in [4.69, 9.17) is 11.1 Å². The van der Waals surface area contributed by atoms with Crippen LogP contribution >= 0.6 is 39.2 Å². The van der Waals surface area contributed by atoms with E-state index in [1.165, 1.54) is 23.3 Å². The molecule has 0 bridgehead atoms. The lowest BCUT2D eigenvalue weighted by atomic mass is 10.2. The number of nitrogens with one attached hydrogen (secondary N) is 1. The van der Waals surface area contributed by atoms with Crippen molar-refractivity contribution >= 4 is 45.1 Å². The average Bonchev–Trinajstić information content (AvgIpc) is 2.63. The predicted molar refractivity (Wildman–Crippen MR) is 73.9 cm³/mol. The second-order valence-electron chi connectivity index (χ2n) is 3.26. The van der Waals surface area contributed by atoms with Crippen LogP contribution in [0.2, 0.25) is 0 Å². The Kier molecular flexibility index (Phi) is 3.80. The van der Waals surface area contributed by atoms with Gasteiger partial charge in [-0.25, -0.2) is 4.98 Å². The molecule has 1 aromatic heterocycles. The van der Waals surface area contributed by atoms with Crippen molar-refractivity contribution in [2.24, 2.45) is 5.73 Å². The average molecular weight is 329 g/mol. The lowest BCUT2D eigenvalue weighted by Gasteiger charge is -2.06. The van der Waals surface area contributed by atoms with Crippen molar-refractivity contribution in [1.82, 2.24) is 9.36 Å². The molecule has 88 valence electrons. The first-order valence-electron chi connectivity index (χ1n) is 4.68. The van der Waals surface area contributed by atoms with Crippen LogP contribution in [0.4, 0.5) is 0 Å². The fourth-order valence-corrected chi connectivity index (χ4v) is 3.52. The summed E-state index contributed by atoms with van der Waals surface area (Å²) in [5.41, 5.74) is 6.26. The van der Waals surface area contributed by atoms with Gasteiger partial charge in [0.2, 0.25) is 0 Å². The van der Waals surface area contributed by atoms with Crippen molar-refractivity contribution in [2.45, 2.75) is 16.2 Å². The fourth-order valence-electron chi connectivity index (χ4n) is 1.22. The molecular weight excluding hydrogens is 320 g/mol. The van der Waals surface area contributed by atoms with Crippen molar-refractivity contribution in [3.05, 3.63) is 34.1 Å². The van der Waals surface area contributed by atoms with Gasteiger partial charge in [-0.1, -0.05) is 27.7 Å². The van der Waals surface area contributed by atoms with Gasteiger partial charge in [0.15, 0.2) is 4.34 Å². The van der Waals surface area contributed by atoms with E-state index < -0.39 is 0 Å². The van der Waals surface area contributed by atoms with Crippen LogP contribution in [-0.2, 0) is 0 Å². The van der Waals surface area contributed by atoms with E-state index >= 15 is 0 Å². The molecule has 0 radical (unpaired) electrons. The third-order valence-corrected chi connectivity index (χ3v) is 4.33. The number of rotatable bonds is 3. The fraction of sp³-hybridized carbons (Fsp3) is 0.100. The van der Waals surface area contributed by atoms with Gasteiger partial charge in [0.25, 0.3) is 0 Å². The Morgan fingerprint density at radius 1 is 1.53 bits per heavy atom. The Labute approximate surface area is 115 Å². The van der Waals surface area contributed by atoms with Crippen LogP contribution in [0.1, 0.15) is 11.4 Å². The molecule has 4 nitrogen and oxygen atoms in total. The zero-order valence-electron chi connectivity index (χ0n) is 8.90. The van der Waals surface area contributed by atoms with Gasteiger partial charge in [-0.05, 0) is 36.7 Å². The Morgan fingerprint density at radius 2 is 2.29 bits per heavy atom. The molecule has 0 saturated heterocycles. The highest BCUT2D eigenvalue weighted by Crippen LogP contribution is 2.33. The van der Waals surface area contributed by atoms with Crippen molar-refractivity contribution < 1.29 is 0 Å². The van der Waals surface area contributed by atoms with E-state index in [0.29, 0.717) is 5.56 Å². The minimum atomic E-state index is 0.0567. The summed E-state index contributed by atoms with van der Waals surface area (Å²) in [6, 6.07) is 5.62. The van der Waals surface area contributed by atoms with E-state index in [2.05, 4.69) is 25.3 Å². The largest absolute Gasteiger partial charge is 0.384 e. The molecule has 0 aliphatic rings. The molecule has 0 spiro atoms. The van der Waals surface area contributed by atoms with Crippen LogP contribution in [0.5, 0.6) is 0 Å². The molecule has 1 aromatic carbocycles. The van der Waals surface area contributed by atoms with Crippen LogP contribution < -0.4 is 5.73 Å². The van der Waals surface area contributed by atoms with Crippen molar-refractivity contribution in [3.63, 3.8) is 0 Å². The van der Waals surface area contributed by atoms with Crippen LogP contribution in [0.3, 0.4) is 0 Å². The molecule has 0 aliphatic carbocycles. The molecule has 1 heterocycles. The summed E-state index contributed by atoms with van der Waals surface area (Å²) in [5.74, 6) is 0.818. The molecule has 0 amide bonds. The van der Waals surface area contributed by atoms with Gasteiger partial charge in [-0.2, -0.15) is 4.37 Å². The van der Waals surface area contributed by atoms with E-state index in [-0.39, 0.29) is 5.84 Å². The lowest BCUT2D eigenvalue weighted by molar-refractivity contribution is 1.10. The highest BCUT2D eigenvalue weighted by Gasteiger charge is 2.10. The molecule has 2 rings (SSSR count). The summed E-state index contributed by atoms with van der Waals surface area (Å²) >= 11 is 6.22. The zero-order valence-corrected chi connectivity index (χ0v) is 12.1. The van der Waals surface area contributed by atoms with E-state index in [1.54, 1.807) is 0 Å². The van der Waals surface area contributed by atoms with Gasteiger partial charge in [0, 0.05) is 14.9 Å². The van der Waals surface area contributed by atoms with E-state index in [0.717, 1.165) is 19.5 Å². The number of halogens is 1. The molecule has 0 aliphatic heterocycles. The molecule has 2 aromatic rings. The molecule has 0 unspecified atom stereocenters. The second-order valence-corrected chi connectivity index (χ2v) is 6.22. The minimum Gasteiger partial charge on any atom is -0.384 e. The van der Waals surface area contributed by atoms with Gasteiger partial charge < -0.3 is 5.73 Å². The zero-order chi connectivity index (χ0) is 12.4. The highest BCUT2D eigenvalue weighted by molar-refractivity contribution is 9.10. The van der Waals surface area contributed by atoms with Gasteiger partial charge >= 0.3 is 0 Å². The minimum absolute atomic E-state index is 0.0567. The number of aryl methyl sites for hydroxylation is 1. The van der Waals surface area contributed by atoms with Crippen LogP contribution in [0.25, 0.3) is 0 Å². The number of hydrogen-bond donors (Lipinski definition) is 2. The Hall–Kier alpha value is -0.920. The standard InChI is InChI=1S/C10H9BrN4S2/c1-5-14-10(17-15-5)16-8-4-6(11)2-3-7(8)9(12)13/h2-4H,1H3,(H3,12,13). The Bertz CT molecular complexity index is 567. The summed E-state index contributed by atoms with van der Waals surface area (Å²) < 4.78 is 5.92. The molecule has 0 saturated carbocycles. The van der Waals surface area contributed by atoms with Crippen molar-refractivity contribution in [1.29, 1.82) is 5.41 Å². The Morgan fingerprint density at radius 3 is 2.88 bits per heavy atom.